The summed E-state index contributed by atoms with van der Waals surface area (Å²) in [5.74, 6) is 2.53. The molecule has 0 spiro atoms. The zero-order valence-electron chi connectivity index (χ0n) is 17.9. The summed E-state index contributed by atoms with van der Waals surface area (Å²) in [4.78, 5) is 27.5. The molecule has 3 aromatic rings. The van der Waals surface area contributed by atoms with Crippen LogP contribution in [0.5, 0.6) is 11.5 Å². The molecule has 2 aromatic carbocycles. The summed E-state index contributed by atoms with van der Waals surface area (Å²) in [7, 11) is 1.60. The van der Waals surface area contributed by atoms with E-state index in [0.29, 0.717) is 29.6 Å². The number of methoxy groups -OCH3 is 1. The predicted octanol–water partition coefficient (Wildman–Crippen LogP) is 4.91. The van der Waals surface area contributed by atoms with Crippen molar-refractivity contribution in [3.05, 3.63) is 65.5 Å². The Labute approximate surface area is 190 Å². The highest BCUT2D eigenvalue weighted by Gasteiger charge is 2.30. The molecule has 0 aliphatic carbocycles. The van der Waals surface area contributed by atoms with Gasteiger partial charge in [0, 0.05) is 17.3 Å². The normalized spacial score (nSPS) is 15.6. The molecule has 7 nitrogen and oxygen atoms in total. The second-order valence-electron chi connectivity index (χ2n) is 7.46. The molecule has 1 saturated heterocycles. The lowest BCUT2D eigenvalue weighted by Crippen LogP contribution is -2.28. The fraction of sp³-hybridized carbons (Fsp3) is 0.292. The third kappa shape index (κ3) is 5.13. The number of oxazole rings is 1. The van der Waals surface area contributed by atoms with Crippen molar-refractivity contribution in [1.82, 2.24) is 10.3 Å². The van der Waals surface area contributed by atoms with Gasteiger partial charge < -0.3 is 19.2 Å². The van der Waals surface area contributed by atoms with Crippen LogP contribution in [0.2, 0.25) is 0 Å². The SMILES string of the molecule is COc1cc(CCCC2NC(=O)SC2=O)ccc1OCc1nc(-c2ccccc2)oc1C. The molecular formula is C24H24N2O5S. The summed E-state index contributed by atoms with van der Waals surface area (Å²) in [6.07, 6.45) is 2.16. The number of carbonyl (C=O) groups is 2. The summed E-state index contributed by atoms with van der Waals surface area (Å²) in [5, 5.41) is 2.32. The number of hydrogen-bond acceptors (Lipinski definition) is 7. The molecule has 166 valence electrons. The van der Waals surface area contributed by atoms with Crippen LogP contribution in [0.25, 0.3) is 11.5 Å². The van der Waals surface area contributed by atoms with Crippen molar-refractivity contribution < 1.29 is 23.5 Å². The van der Waals surface area contributed by atoms with Gasteiger partial charge in [-0.15, -0.1) is 0 Å². The molecule has 1 atom stereocenters. The van der Waals surface area contributed by atoms with Crippen LogP contribution in [-0.4, -0.2) is 28.5 Å². The minimum atomic E-state index is -0.386. The third-order valence-electron chi connectivity index (χ3n) is 5.23. The van der Waals surface area contributed by atoms with Crippen LogP contribution in [0.1, 0.15) is 29.9 Å². The molecule has 1 aromatic heterocycles. The van der Waals surface area contributed by atoms with Crippen LogP contribution in [0.15, 0.2) is 52.9 Å². The number of benzene rings is 2. The van der Waals surface area contributed by atoms with Crippen molar-refractivity contribution in [3.63, 3.8) is 0 Å². The first kappa shape index (κ1) is 22.0. The van der Waals surface area contributed by atoms with E-state index in [1.54, 1.807) is 7.11 Å². The standard InChI is InChI=1S/C24H24N2O5S/c1-15-19(25-22(31-15)17-8-4-3-5-9-17)14-30-20-12-11-16(13-21(20)29-2)7-6-10-18-23(27)32-24(28)26-18/h3-5,8-9,11-13,18H,6-7,10,14H2,1-2H3,(H,26,28). The van der Waals surface area contributed by atoms with E-state index >= 15 is 0 Å². The van der Waals surface area contributed by atoms with Crippen LogP contribution in [0.3, 0.4) is 0 Å². The van der Waals surface area contributed by atoms with Crippen molar-refractivity contribution in [2.75, 3.05) is 7.11 Å². The number of nitrogens with one attached hydrogen (secondary N) is 1. The van der Waals surface area contributed by atoms with Crippen LogP contribution < -0.4 is 14.8 Å². The number of hydrogen-bond donors (Lipinski definition) is 1. The molecule has 2 heterocycles. The number of aryl methyl sites for hydroxylation is 2. The Kier molecular flexibility index (Phi) is 6.80. The molecule has 4 rings (SSSR count). The molecule has 32 heavy (non-hydrogen) atoms. The van der Waals surface area contributed by atoms with Gasteiger partial charge in [0.2, 0.25) is 11.0 Å². The molecule has 8 heteroatoms. The van der Waals surface area contributed by atoms with Crippen molar-refractivity contribution in [2.45, 2.75) is 38.8 Å². The molecule has 1 amide bonds. The zero-order chi connectivity index (χ0) is 22.5. The lowest BCUT2D eigenvalue weighted by molar-refractivity contribution is -0.112. The average Bonchev–Trinajstić information content (AvgIpc) is 3.33. The van der Waals surface area contributed by atoms with E-state index in [1.807, 2.05) is 55.5 Å². The fourth-order valence-electron chi connectivity index (χ4n) is 3.49. The number of rotatable bonds is 9. The minimum Gasteiger partial charge on any atom is -0.493 e. The largest absolute Gasteiger partial charge is 0.493 e. The Bertz CT molecular complexity index is 1110. The summed E-state index contributed by atoms with van der Waals surface area (Å²) >= 11 is 0.750. The molecule has 1 fully saturated rings. The smallest absolute Gasteiger partial charge is 0.287 e. The Hall–Kier alpha value is -3.26. The second kappa shape index (κ2) is 9.91. The third-order valence-corrected chi connectivity index (χ3v) is 6.02. The molecule has 0 bridgehead atoms. The van der Waals surface area contributed by atoms with Gasteiger partial charge in [-0.2, -0.15) is 0 Å². The first-order valence-corrected chi connectivity index (χ1v) is 11.2. The average molecular weight is 453 g/mol. The monoisotopic (exact) mass is 452 g/mol. The number of aromatic nitrogens is 1. The second-order valence-corrected chi connectivity index (χ2v) is 8.44. The lowest BCUT2D eigenvalue weighted by Gasteiger charge is -2.12. The number of nitrogens with zero attached hydrogens (tertiary/aromatic N) is 1. The Morgan fingerprint density at radius 2 is 1.94 bits per heavy atom. The highest BCUT2D eigenvalue weighted by Crippen LogP contribution is 2.30. The summed E-state index contributed by atoms with van der Waals surface area (Å²) in [6, 6.07) is 15.1. The van der Waals surface area contributed by atoms with Crippen LogP contribution in [-0.2, 0) is 17.8 Å². The van der Waals surface area contributed by atoms with Crippen molar-refractivity contribution in [3.8, 4) is 23.0 Å². The van der Waals surface area contributed by atoms with Gasteiger partial charge in [0.05, 0.1) is 13.2 Å². The molecule has 1 aliphatic rings. The van der Waals surface area contributed by atoms with E-state index in [0.717, 1.165) is 41.4 Å². The maximum atomic E-state index is 11.7. The van der Waals surface area contributed by atoms with E-state index in [1.165, 1.54) is 0 Å². The van der Waals surface area contributed by atoms with Crippen LogP contribution in [0.4, 0.5) is 4.79 Å². The van der Waals surface area contributed by atoms with Gasteiger partial charge in [0.15, 0.2) is 11.5 Å². The van der Waals surface area contributed by atoms with Crippen molar-refractivity contribution in [1.29, 1.82) is 0 Å². The summed E-state index contributed by atoms with van der Waals surface area (Å²) in [5.41, 5.74) is 2.72. The molecule has 0 radical (unpaired) electrons. The maximum absolute atomic E-state index is 11.7. The van der Waals surface area contributed by atoms with Crippen LogP contribution in [0, 0.1) is 6.92 Å². The highest BCUT2D eigenvalue weighted by molar-refractivity contribution is 8.26. The van der Waals surface area contributed by atoms with Gasteiger partial charge in [0.25, 0.3) is 5.24 Å². The van der Waals surface area contributed by atoms with Gasteiger partial charge in [-0.05, 0) is 56.0 Å². The summed E-state index contributed by atoms with van der Waals surface area (Å²) < 4.78 is 17.3. The maximum Gasteiger partial charge on any atom is 0.287 e. The van der Waals surface area contributed by atoms with E-state index < -0.39 is 0 Å². The van der Waals surface area contributed by atoms with Gasteiger partial charge in [-0.25, -0.2) is 4.98 Å². The lowest BCUT2D eigenvalue weighted by atomic mass is 10.0. The molecule has 1 unspecified atom stereocenters. The van der Waals surface area contributed by atoms with E-state index in [-0.39, 0.29) is 23.0 Å². The zero-order valence-corrected chi connectivity index (χ0v) is 18.7. The number of amides is 1. The van der Waals surface area contributed by atoms with Crippen molar-refractivity contribution >= 4 is 22.1 Å². The Morgan fingerprint density at radius 1 is 1.12 bits per heavy atom. The van der Waals surface area contributed by atoms with E-state index in [2.05, 4.69) is 10.3 Å². The molecule has 1 aliphatic heterocycles. The van der Waals surface area contributed by atoms with Gasteiger partial charge in [0.1, 0.15) is 18.1 Å². The van der Waals surface area contributed by atoms with Gasteiger partial charge >= 0.3 is 0 Å². The molecular weight excluding hydrogens is 428 g/mol. The number of ether oxygens (including phenoxy) is 2. The number of carbonyl (C=O) groups excluding carboxylic acids is 2. The first-order valence-electron chi connectivity index (χ1n) is 10.4. The highest BCUT2D eigenvalue weighted by atomic mass is 32.2. The minimum absolute atomic E-state index is 0.102. The van der Waals surface area contributed by atoms with Gasteiger partial charge in [-0.3, -0.25) is 9.59 Å². The topological polar surface area (TPSA) is 90.7 Å². The van der Waals surface area contributed by atoms with Crippen molar-refractivity contribution in [2.24, 2.45) is 0 Å². The summed E-state index contributed by atoms with van der Waals surface area (Å²) in [6.45, 7) is 2.13. The fourth-order valence-corrected chi connectivity index (χ4v) is 4.20. The quantitative estimate of drug-likeness (QED) is 0.493. The predicted molar refractivity (Wildman–Crippen MR) is 122 cm³/mol. The number of thioether (sulfide) groups is 1. The Morgan fingerprint density at radius 3 is 2.66 bits per heavy atom. The first-order chi connectivity index (χ1) is 15.5. The van der Waals surface area contributed by atoms with E-state index in [9.17, 15) is 9.59 Å². The van der Waals surface area contributed by atoms with Crippen LogP contribution >= 0.6 is 11.8 Å². The van der Waals surface area contributed by atoms with Gasteiger partial charge in [-0.1, -0.05) is 24.3 Å². The Balaban J connectivity index is 1.36. The molecule has 1 N–H and O–H groups in total. The molecule has 0 saturated carbocycles. The van der Waals surface area contributed by atoms with E-state index in [4.69, 9.17) is 13.9 Å².